The maximum atomic E-state index is 12.9. The summed E-state index contributed by atoms with van der Waals surface area (Å²) in [6.07, 6.45) is 0.126. The molecule has 0 unspecified atom stereocenters. The van der Waals surface area contributed by atoms with Gasteiger partial charge in [0.05, 0.1) is 30.1 Å². The van der Waals surface area contributed by atoms with Crippen molar-refractivity contribution in [3.8, 4) is 0 Å². The van der Waals surface area contributed by atoms with Crippen LogP contribution >= 0.6 is 0 Å². The smallest absolute Gasteiger partial charge is 0.244 e. The van der Waals surface area contributed by atoms with E-state index in [1.54, 1.807) is 4.90 Å². The third kappa shape index (κ3) is 2.84. The topological polar surface area (TPSA) is 61.9 Å². The Morgan fingerprint density at radius 3 is 2.95 bits per heavy atom. The fourth-order valence-corrected chi connectivity index (χ4v) is 3.01. The molecule has 118 valence electrons. The first-order valence-corrected chi connectivity index (χ1v) is 7.62. The van der Waals surface area contributed by atoms with E-state index in [1.165, 1.54) is 0 Å². The molecule has 2 amide bonds. The van der Waals surface area contributed by atoms with E-state index in [0.717, 1.165) is 18.8 Å². The number of morpholine rings is 1. The van der Waals surface area contributed by atoms with Crippen LogP contribution in [0.5, 0.6) is 0 Å². The number of carbonyl (C=O) groups is 2. The molecule has 22 heavy (non-hydrogen) atoms. The number of benzene rings is 1. The van der Waals surface area contributed by atoms with Crippen molar-refractivity contribution in [1.82, 2.24) is 4.90 Å². The van der Waals surface area contributed by atoms with Crippen LogP contribution in [-0.4, -0.2) is 55.1 Å². The van der Waals surface area contributed by atoms with Gasteiger partial charge in [0.15, 0.2) is 0 Å². The molecular formula is C16H21N3O3. The van der Waals surface area contributed by atoms with Crippen LogP contribution in [0.2, 0.25) is 0 Å². The van der Waals surface area contributed by atoms with E-state index in [-0.39, 0.29) is 30.5 Å². The summed E-state index contributed by atoms with van der Waals surface area (Å²) in [6, 6.07) is 7.12. The van der Waals surface area contributed by atoms with E-state index in [1.807, 2.05) is 38.1 Å². The molecule has 6 heteroatoms. The van der Waals surface area contributed by atoms with Crippen LogP contribution in [-0.2, 0) is 14.3 Å². The molecule has 6 nitrogen and oxygen atoms in total. The summed E-state index contributed by atoms with van der Waals surface area (Å²) in [6.45, 7) is 6.08. The van der Waals surface area contributed by atoms with Crippen molar-refractivity contribution in [2.24, 2.45) is 0 Å². The van der Waals surface area contributed by atoms with Gasteiger partial charge in [0.2, 0.25) is 11.8 Å². The van der Waals surface area contributed by atoms with Crippen LogP contribution in [0.3, 0.4) is 0 Å². The average molecular weight is 303 g/mol. The van der Waals surface area contributed by atoms with E-state index >= 15 is 0 Å². The second-order valence-corrected chi connectivity index (χ2v) is 5.84. The molecular weight excluding hydrogens is 282 g/mol. The molecule has 0 bridgehead atoms. The van der Waals surface area contributed by atoms with Gasteiger partial charge in [-0.25, -0.2) is 0 Å². The number of rotatable bonds is 2. The number of hydrogen-bond acceptors (Lipinski definition) is 4. The van der Waals surface area contributed by atoms with Crippen molar-refractivity contribution in [1.29, 1.82) is 0 Å². The maximum absolute atomic E-state index is 12.9. The molecule has 2 heterocycles. The monoisotopic (exact) mass is 303 g/mol. The average Bonchev–Trinajstić information content (AvgIpc) is 2.52. The number of nitrogens with one attached hydrogen (secondary N) is 1. The molecule has 1 saturated heterocycles. The molecule has 3 rings (SSSR count). The van der Waals surface area contributed by atoms with Gasteiger partial charge in [-0.3, -0.25) is 19.4 Å². The Balaban J connectivity index is 1.81. The first-order valence-electron chi connectivity index (χ1n) is 7.62. The van der Waals surface area contributed by atoms with Crippen molar-refractivity contribution in [3.05, 3.63) is 24.3 Å². The molecule has 0 radical (unpaired) electrons. The van der Waals surface area contributed by atoms with Crippen LogP contribution in [0.25, 0.3) is 0 Å². The zero-order chi connectivity index (χ0) is 15.7. The van der Waals surface area contributed by atoms with Crippen LogP contribution < -0.4 is 10.2 Å². The molecule has 0 spiro atoms. The Hall–Kier alpha value is -1.92. The second-order valence-electron chi connectivity index (χ2n) is 5.84. The number of hydrogen-bond donors (Lipinski definition) is 1. The van der Waals surface area contributed by atoms with Gasteiger partial charge < -0.3 is 10.1 Å². The summed E-state index contributed by atoms with van der Waals surface area (Å²) < 4.78 is 5.53. The highest BCUT2D eigenvalue weighted by atomic mass is 16.5. The van der Waals surface area contributed by atoms with Crippen LogP contribution in [0.1, 0.15) is 13.8 Å². The van der Waals surface area contributed by atoms with E-state index in [9.17, 15) is 9.59 Å². The summed E-state index contributed by atoms with van der Waals surface area (Å²) in [5, 5.41) is 2.80. The number of fused-ring (bicyclic) bond motifs is 1. The molecule has 1 aromatic carbocycles. The van der Waals surface area contributed by atoms with E-state index < -0.39 is 0 Å². The fraction of sp³-hybridized carbons (Fsp3) is 0.500. The third-order valence-electron chi connectivity index (χ3n) is 4.21. The largest absolute Gasteiger partial charge is 0.376 e. The zero-order valence-electron chi connectivity index (χ0n) is 12.9. The molecule has 0 aliphatic carbocycles. The summed E-state index contributed by atoms with van der Waals surface area (Å²) >= 11 is 0. The molecule has 0 aromatic heterocycles. The lowest BCUT2D eigenvalue weighted by Gasteiger charge is -2.38. The summed E-state index contributed by atoms with van der Waals surface area (Å²) in [5.41, 5.74) is 1.45. The summed E-state index contributed by atoms with van der Waals surface area (Å²) in [4.78, 5) is 28.4. The van der Waals surface area contributed by atoms with Gasteiger partial charge in [0, 0.05) is 13.1 Å². The Morgan fingerprint density at radius 1 is 1.41 bits per heavy atom. The van der Waals surface area contributed by atoms with Gasteiger partial charge in [-0.05, 0) is 26.0 Å². The predicted octanol–water partition coefficient (Wildman–Crippen LogP) is 1.08. The van der Waals surface area contributed by atoms with Crippen LogP contribution in [0.15, 0.2) is 24.3 Å². The van der Waals surface area contributed by atoms with Crippen molar-refractivity contribution in [3.63, 3.8) is 0 Å². The van der Waals surface area contributed by atoms with Gasteiger partial charge in [-0.1, -0.05) is 12.1 Å². The van der Waals surface area contributed by atoms with Gasteiger partial charge >= 0.3 is 0 Å². The number of nitrogens with zero attached hydrogens (tertiary/aromatic N) is 2. The molecule has 2 aliphatic heterocycles. The molecule has 0 saturated carbocycles. The predicted molar refractivity (Wildman–Crippen MR) is 83.9 cm³/mol. The van der Waals surface area contributed by atoms with E-state index in [0.29, 0.717) is 12.3 Å². The lowest BCUT2D eigenvalue weighted by Crippen LogP contribution is -2.54. The number of ether oxygens (including phenoxy) is 1. The molecule has 1 fully saturated rings. The summed E-state index contributed by atoms with van der Waals surface area (Å²) in [7, 11) is 0. The highest BCUT2D eigenvalue weighted by Crippen LogP contribution is 2.29. The highest BCUT2D eigenvalue weighted by Gasteiger charge is 2.33. The number of amides is 2. The van der Waals surface area contributed by atoms with Gasteiger partial charge in [0.25, 0.3) is 0 Å². The lowest BCUT2D eigenvalue weighted by molar-refractivity contribution is -0.128. The quantitative estimate of drug-likeness (QED) is 0.888. The minimum Gasteiger partial charge on any atom is -0.376 e. The van der Waals surface area contributed by atoms with Crippen molar-refractivity contribution in [2.75, 3.05) is 36.5 Å². The molecule has 1 aromatic rings. The summed E-state index contributed by atoms with van der Waals surface area (Å²) in [5.74, 6) is -0.203. The Kier molecular flexibility index (Phi) is 4.13. The minimum atomic E-state index is -0.273. The van der Waals surface area contributed by atoms with Crippen molar-refractivity contribution in [2.45, 2.75) is 26.0 Å². The van der Waals surface area contributed by atoms with Crippen molar-refractivity contribution >= 4 is 23.2 Å². The van der Waals surface area contributed by atoms with Gasteiger partial charge in [-0.15, -0.1) is 0 Å². The normalized spacial score (nSPS) is 23.6. The minimum absolute atomic E-state index is 0.0450. The molecule has 1 N–H and O–H groups in total. The molecule has 2 atom stereocenters. The SMILES string of the molecule is C[C@@H]1CN([C@H](C)C(=O)N2CC(=O)Nc3ccccc32)CCO1. The first-order chi connectivity index (χ1) is 10.6. The van der Waals surface area contributed by atoms with E-state index in [2.05, 4.69) is 10.2 Å². The zero-order valence-corrected chi connectivity index (χ0v) is 12.9. The van der Waals surface area contributed by atoms with Crippen LogP contribution in [0, 0.1) is 0 Å². The number of anilines is 2. The first kappa shape index (κ1) is 15.0. The highest BCUT2D eigenvalue weighted by molar-refractivity contribution is 6.11. The van der Waals surface area contributed by atoms with Gasteiger partial charge in [-0.2, -0.15) is 0 Å². The maximum Gasteiger partial charge on any atom is 0.244 e. The third-order valence-corrected chi connectivity index (χ3v) is 4.21. The second kappa shape index (κ2) is 6.06. The van der Waals surface area contributed by atoms with Crippen molar-refractivity contribution < 1.29 is 14.3 Å². The van der Waals surface area contributed by atoms with Gasteiger partial charge in [0.1, 0.15) is 6.54 Å². The fourth-order valence-electron chi connectivity index (χ4n) is 3.01. The Morgan fingerprint density at radius 2 is 2.18 bits per heavy atom. The Bertz CT molecular complexity index is 590. The lowest BCUT2D eigenvalue weighted by atomic mass is 10.1. The van der Waals surface area contributed by atoms with E-state index in [4.69, 9.17) is 4.74 Å². The molecule has 2 aliphatic rings. The standard InChI is InChI=1S/C16H21N3O3/c1-11-9-18(7-8-22-11)12(2)16(21)19-10-15(20)17-13-5-3-4-6-14(13)19/h3-6,11-12H,7-10H2,1-2H3,(H,17,20)/t11-,12-/m1/s1. The van der Waals surface area contributed by atoms with Crippen LogP contribution in [0.4, 0.5) is 11.4 Å². The number of carbonyl (C=O) groups excluding carboxylic acids is 2. The number of para-hydroxylation sites is 2. The Labute approximate surface area is 130 Å².